The molecule has 7 nitrogen and oxygen atoms in total. The predicted octanol–water partition coefficient (Wildman–Crippen LogP) is 5.14. The van der Waals surface area contributed by atoms with Gasteiger partial charge in [-0.1, -0.05) is 43.7 Å². The molecular formula is C27H32N6O. The van der Waals surface area contributed by atoms with Gasteiger partial charge in [0.2, 0.25) is 0 Å². The lowest BCUT2D eigenvalue weighted by atomic mass is 10.0. The molecule has 1 fully saturated rings. The smallest absolute Gasteiger partial charge is 0.157 e. The Hall–Kier alpha value is -3.45. The molecule has 1 aliphatic rings. The van der Waals surface area contributed by atoms with E-state index in [0.717, 1.165) is 77.7 Å². The molecule has 3 heterocycles. The Morgan fingerprint density at radius 2 is 1.94 bits per heavy atom. The molecule has 1 aliphatic carbocycles. The second-order valence-electron chi connectivity index (χ2n) is 8.97. The van der Waals surface area contributed by atoms with Crippen molar-refractivity contribution < 1.29 is 4.74 Å². The summed E-state index contributed by atoms with van der Waals surface area (Å²) >= 11 is 0. The summed E-state index contributed by atoms with van der Waals surface area (Å²) in [5, 5.41) is 11.9. The number of rotatable bonds is 10. The van der Waals surface area contributed by atoms with Crippen molar-refractivity contribution >= 4 is 11.5 Å². The van der Waals surface area contributed by atoms with E-state index in [1.165, 1.54) is 0 Å². The fourth-order valence-corrected chi connectivity index (χ4v) is 4.45. The van der Waals surface area contributed by atoms with Crippen LogP contribution in [0, 0.1) is 0 Å². The molecule has 1 unspecified atom stereocenters. The Bertz CT molecular complexity index is 1260. The van der Waals surface area contributed by atoms with Gasteiger partial charge in [-0.3, -0.25) is 0 Å². The molecule has 0 radical (unpaired) electrons. The van der Waals surface area contributed by atoms with E-state index in [1.54, 1.807) is 7.11 Å². The first-order valence-electron chi connectivity index (χ1n) is 12.1. The minimum absolute atomic E-state index is 0.299. The molecule has 0 saturated heterocycles. The van der Waals surface area contributed by atoms with Crippen molar-refractivity contribution in [2.24, 2.45) is 0 Å². The number of benzene rings is 1. The lowest BCUT2D eigenvalue weighted by Crippen LogP contribution is -2.31. The number of imidazole rings is 1. The average molecular weight is 457 g/mol. The third kappa shape index (κ3) is 4.61. The van der Waals surface area contributed by atoms with Gasteiger partial charge in [-0.2, -0.15) is 5.10 Å². The van der Waals surface area contributed by atoms with Crippen molar-refractivity contribution in [3.05, 3.63) is 60.4 Å². The molecule has 34 heavy (non-hydrogen) atoms. The maximum absolute atomic E-state index is 5.61. The van der Waals surface area contributed by atoms with E-state index in [-0.39, 0.29) is 0 Å². The topological polar surface area (TPSA) is 76.4 Å². The van der Waals surface area contributed by atoms with E-state index in [9.17, 15) is 0 Å². The molecule has 5 rings (SSSR count). The van der Waals surface area contributed by atoms with Gasteiger partial charge in [0.15, 0.2) is 5.65 Å². The van der Waals surface area contributed by atoms with E-state index in [1.807, 2.05) is 29.9 Å². The number of fused-ring (bicyclic) bond motifs is 1. The van der Waals surface area contributed by atoms with Crippen LogP contribution in [0.5, 0.6) is 5.75 Å². The van der Waals surface area contributed by atoms with E-state index < -0.39 is 0 Å². The van der Waals surface area contributed by atoms with Gasteiger partial charge in [0.05, 0.1) is 19.0 Å². The highest BCUT2D eigenvalue weighted by atomic mass is 16.5. The van der Waals surface area contributed by atoms with E-state index in [2.05, 4.69) is 58.9 Å². The first kappa shape index (κ1) is 22.3. The first-order chi connectivity index (χ1) is 16.7. The van der Waals surface area contributed by atoms with Crippen LogP contribution in [0.4, 0.5) is 5.82 Å². The molecule has 0 aliphatic heterocycles. The second kappa shape index (κ2) is 9.81. The summed E-state index contributed by atoms with van der Waals surface area (Å²) in [5.41, 5.74) is 5.74. The first-order valence-corrected chi connectivity index (χ1v) is 12.1. The van der Waals surface area contributed by atoms with Crippen molar-refractivity contribution in [3.63, 3.8) is 0 Å². The Labute approximate surface area is 200 Å². The number of ether oxygens (including phenoxy) is 1. The van der Waals surface area contributed by atoms with E-state index in [0.29, 0.717) is 12.0 Å². The van der Waals surface area contributed by atoms with Crippen molar-refractivity contribution in [1.29, 1.82) is 0 Å². The highest BCUT2D eigenvalue weighted by molar-refractivity contribution is 5.73. The minimum Gasteiger partial charge on any atom is -0.495 e. The molecule has 1 aromatic carbocycles. The van der Waals surface area contributed by atoms with Crippen molar-refractivity contribution in [2.75, 3.05) is 26.0 Å². The number of pyridine rings is 1. The largest absolute Gasteiger partial charge is 0.495 e. The third-order valence-electron chi connectivity index (χ3n) is 6.30. The quantitative estimate of drug-likeness (QED) is 0.344. The van der Waals surface area contributed by atoms with E-state index in [4.69, 9.17) is 14.8 Å². The molecule has 176 valence electrons. The van der Waals surface area contributed by atoms with Crippen molar-refractivity contribution in [3.8, 4) is 28.3 Å². The molecule has 0 bridgehead atoms. The Morgan fingerprint density at radius 1 is 1.12 bits per heavy atom. The number of nitrogens with zero attached hydrogens (tertiary/aromatic N) is 4. The molecule has 2 N–H and O–H groups in total. The van der Waals surface area contributed by atoms with Gasteiger partial charge in [-0.25, -0.2) is 14.5 Å². The number of hydrogen-bond acceptors (Lipinski definition) is 6. The summed E-state index contributed by atoms with van der Waals surface area (Å²) in [6.45, 7) is 3.08. The van der Waals surface area contributed by atoms with Gasteiger partial charge in [-0.05, 0) is 49.6 Å². The van der Waals surface area contributed by atoms with Crippen LogP contribution in [-0.2, 0) is 0 Å². The number of anilines is 1. The number of methoxy groups -OCH3 is 1. The lowest BCUT2D eigenvalue weighted by molar-refractivity contribution is 0.405. The van der Waals surface area contributed by atoms with Crippen LogP contribution in [0.15, 0.2) is 54.7 Å². The number of aromatic nitrogens is 4. The average Bonchev–Trinajstić information content (AvgIpc) is 3.63. The predicted molar refractivity (Wildman–Crippen MR) is 136 cm³/mol. The van der Waals surface area contributed by atoms with Crippen LogP contribution in [0.2, 0.25) is 0 Å². The van der Waals surface area contributed by atoms with Gasteiger partial charge in [0.1, 0.15) is 23.0 Å². The summed E-state index contributed by atoms with van der Waals surface area (Å²) in [6.07, 6.45) is 6.33. The number of hydrogen-bond donors (Lipinski definition) is 2. The molecule has 1 saturated carbocycles. The maximum Gasteiger partial charge on any atom is 0.157 e. The van der Waals surface area contributed by atoms with Crippen LogP contribution in [-0.4, -0.2) is 46.3 Å². The highest BCUT2D eigenvalue weighted by Gasteiger charge is 2.30. The Kier molecular flexibility index (Phi) is 6.45. The molecule has 0 spiro atoms. The summed E-state index contributed by atoms with van der Waals surface area (Å²) in [6, 6.07) is 17.0. The van der Waals surface area contributed by atoms with Gasteiger partial charge in [-0.15, -0.1) is 0 Å². The van der Waals surface area contributed by atoms with Crippen LogP contribution in [0.3, 0.4) is 0 Å². The van der Waals surface area contributed by atoms with Crippen LogP contribution >= 0.6 is 0 Å². The van der Waals surface area contributed by atoms with Crippen LogP contribution in [0.1, 0.15) is 44.2 Å². The fraction of sp³-hybridized carbons (Fsp3) is 0.370. The fourth-order valence-electron chi connectivity index (χ4n) is 4.45. The zero-order valence-corrected chi connectivity index (χ0v) is 20.1. The Balaban J connectivity index is 1.61. The highest BCUT2D eigenvalue weighted by Crippen LogP contribution is 2.43. The molecule has 7 heteroatoms. The monoisotopic (exact) mass is 456 g/mol. The lowest BCUT2D eigenvalue weighted by Gasteiger charge is -2.19. The number of nitrogens with one attached hydrogen (secondary N) is 2. The number of likely N-dealkylation sites (N-methyl/N-ethyl adjacent to an activating group) is 1. The summed E-state index contributed by atoms with van der Waals surface area (Å²) in [5.74, 6) is 2.14. The molecule has 0 amide bonds. The summed E-state index contributed by atoms with van der Waals surface area (Å²) in [4.78, 5) is 9.64. The van der Waals surface area contributed by atoms with Crippen LogP contribution < -0.4 is 15.4 Å². The Morgan fingerprint density at radius 3 is 2.65 bits per heavy atom. The zero-order valence-electron chi connectivity index (χ0n) is 20.1. The standard InChI is InChI=1S/C27H32N6O/c1-4-8-21(16-28-2)30-25-14-20(18-9-6-5-7-10-18)13-22(31-25)23-17-29-26-15-24(34-3)27(19-11-12-19)32-33(23)26/h5-7,9-10,13-15,17,19,21,28H,4,8,11-12,16H2,1-3H3,(H,30,31). The summed E-state index contributed by atoms with van der Waals surface area (Å²) < 4.78 is 7.52. The van der Waals surface area contributed by atoms with Gasteiger partial charge < -0.3 is 15.4 Å². The molecular weight excluding hydrogens is 424 g/mol. The third-order valence-corrected chi connectivity index (χ3v) is 6.30. The van der Waals surface area contributed by atoms with Crippen molar-refractivity contribution in [2.45, 2.75) is 44.6 Å². The summed E-state index contributed by atoms with van der Waals surface area (Å²) in [7, 11) is 3.68. The minimum atomic E-state index is 0.299. The van der Waals surface area contributed by atoms with Crippen LogP contribution in [0.25, 0.3) is 28.2 Å². The molecule has 4 aromatic rings. The van der Waals surface area contributed by atoms with Gasteiger partial charge in [0.25, 0.3) is 0 Å². The van der Waals surface area contributed by atoms with Gasteiger partial charge >= 0.3 is 0 Å². The van der Waals surface area contributed by atoms with Gasteiger partial charge in [0, 0.05) is 24.6 Å². The molecule has 3 aromatic heterocycles. The SMILES string of the molecule is CCCC(CNC)Nc1cc(-c2ccccc2)cc(-c2cnc3cc(OC)c(C4CC4)nn23)n1. The zero-order chi connectivity index (χ0) is 23.5. The maximum atomic E-state index is 5.61. The second-order valence-corrected chi connectivity index (χ2v) is 8.97. The van der Waals surface area contributed by atoms with E-state index >= 15 is 0 Å². The molecule has 1 atom stereocenters. The van der Waals surface area contributed by atoms with Crippen molar-refractivity contribution in [1.82, 2.24) is 24.9 Å². The normalized spacial score (nSPS) is 14.3.